The lowest BCUT2D eigenvalue weighted by Gasteiger charge is -2.00. The Kier molecular flexibility index (Phi) is 4.98. The molecule has 2 aromatic carbocycles. The van der Waals surface area contributed by atoms with Crippen LogP contribution in [0, 0.1) is 0 Å². The van der Waals surface area contributed by atoms with Gasteiger partial charge in [-0.25, -0.2) is 0 Å². The Labute approximate surface area is 113 Å². The minimum absolute atomic E-state index is 0.678. The minimum Gasteiger partial charge on any atom is -0.277 e. The summed E-state index contributed by atoms with van der Waals surface area (Å²) in [7, 11) is 0. The van der Waals surface area contributed by atoms with E-state index in [0.717, 1.165) is 19.4 Å². The van der Waals surface area contributed by atoms with Gasteiger partial charge in [-0.05, 0) is 17.5 Å². The third kappa shape index (κ3) is 4.34. The fourth-order valence-electron chi connectivity index (χ4n) is 1.77. The highest BCUT2D eigenvalue weighted by atomic mass is 35.5. The molecular formula is C16H16ClN. The molecule has 1 nitrogen and oxygen atoms in total. The highest BCUT2D eigenvalue weighted by Gasteiger charge is 1.97. The summed E-state index contributed by atoms with van der Waals surface area (Å²) in [6.45, 7) is 0.746. The molecule has 2 aromatic rings. The molecule has 0 unspecified atom stereocenters. The van der Waals surface area contributed by atoms with Gasteiger partial charge < -0.3 is 0 Å². The molecule has 2 heteroatoms. The molecule has 0 heterocycles. The Balaban J connectivity index is 1.83. The van der Waals surface area contributed by atoms with Crippen molar-refractivity contribution >= 4 is 16.8 Å². The summed E-state index contributed by atoms with van der Waals surface area (Å²) in [5.74, 6) is 0. The number of rotatable bonds is 5. The van der Waals surface area contributed by atoms with Gasteiger partial charge in [-0.3, -0.25) is 4.99 Å². The minimum atomic E-state index is 0.678. The normalized spacial score (nSPS) is 11.5. The molecule has 0 saturated heterocycles. The summed E-state index contributed by atoms with van der Waals surface area (Å²) in [6, 6.07) is 20.5. The van der Waals surface area contributed by atoms with E-state index in [-0.39, 0.29) is 0 Å². The summed E-state index contributed by atoms with van der Waals surface area (Å²) >= 11 is 6.13. The van der Waals surface area contributed by atoms with Gasteiger partial charge >= 0.3 is 0 Å². The van der Waals surface area contributed by atoms with Crippen molar-refractivity contribution in [3.8, 4) is 0 Å². The van der Waals surface area contributed by atoms with Crippen molar-refractivity contribution in [1.82, 2.24) is 0 Å². The number of benzene rings is 2. The van der Waals surface area contributed by atoms with Crippen LogP contribution in [0.15, 0.2) is 65.7 Å². The van der Waals surface area contributed by atoms with Crippen LogP contribution in [-0.2, 0) is 12.8 Å². The molecule has 2 rings (SSSR count). The van der Waals surface area contributed by atoms with Crippen molar-refractivity contribution < 1.29 is 0 Å². The van der Waals surface area contributed by atoms with Crippen LogP contribution >= 0.6 is 11.6 Å². The van der Waals surface area contributed by atoms with E-state index in [2.05, 4.69) is 29.3 Å². The van der Waals surface area contributed by atoms with E-state index in [1.54, 1.807) is 0 Å². The van der Waals surface area contributed by atoms with Crippen LogP contribution in [0.25, 0.3) is 0 Å². The lowest BCUT2D eigenvalue weighted by molar-refractivity contribution is 0.967. The Morgan fingerprint density at radius 2 is 1.39 bits per heavy atom. The molecule has 92 valence electrons. The van der Waals surface area contributed by atoms with Crippen LogP contribution in [0.4, 0.5) is 0 Å². The number of hydrogen-bond donors (Lipinski definition) is 0. The van der Waals surface area contributed by atoms with Gasteiger partial charge in [0, 0.05) is 13.0 Å². The van der Waals surface area contributed by atoms with Crippen molar-refractivity contribution in [2.45, 2.75) is 12.8 Å². The van der Waals surface area contributed by atoms with Crippen molar-refractivity contribution in [2.75, 3.05) is 6.54 Å². The molecule has 0 bridgehead atoms. The maximum Gasteiger partial charge on any atom is 0.105 e. The van der Waals surface area contributed by atoms with E-state index in [1.165, 1.54) is 11.1 Å². The molecular weight excluding hydrogens is 242 g/mol. The fraction of sp³-hybridized carbons (Fsp3) is 0.188. The van der Waals surface area contributed by atoms with Gasteiger partial charge in [-0.1, -0.05) is 72.3 Å². The predicted octanol–water partition coefficient (Wildman–Crippen LogP) is 4.11. The van der Waals surface area contributed by atoms with Crippen molar-refractivity contribution in [1.29, 1.82) is 0 Å². The number of halogens is 1. The first-order valence-corrected chi connectivity index (χ1v) is 6.49. The second-order valence-electron chi connectivity index (χ2n) is 4.16. The first-order valence-electron chi connectivity index (χ1n) is 6.11. The van der Waals surface area contributed by atoms with E-state index in [0.29, 0.717) is 5.17 Å². The largest absolute Gasteiger partial charge is 0.277 e. The Morgan fingerprint density at radius 1 is 0.833 bits per heavy atom. The Hall–Kier alpha value is -1.60. The average Bonchev–Trinajstić information content (AvgIpc) is 2.41. The summed E-state index contributed by atoms with van der Waals surface area (Å²) in [6.07, 6.45) is 1.66. The number of nitrogens with zero attached hydrogens (tertiary/aromatic N) is 1. The molecule has 0 radical (unpaired) electrons. The summed E-state index contributed by atoms with van der Waals surface area (Å²) < 4.78 is 0. The van der Waals surface area contributed by atoms with Gasteiger partial charge in [0.15, 0.2) is 0 Å². The third-order valence-electron chi connectivity index (χ3n) is 2.72. The number of aliphatic imine (C=N–C) groups is 1. The third-order valence-corrected chi connectivity index (χ3v) is 2.97. The fourth-order valence-corrected chi connectivity index (χ4v) is 2.01. The molecule has 0 aliphatic carbocycles. The van der Waals surface area contributed by atoms with Crippen LogP contribution in [0.3, 0.4) is 0 Å². The summed E-state index contributed by atoms with van der Waals surface area (Å²) in [4.78, 5) is 4.40. The maximum absolute atomic E-state index is 6.13. The first-order chi connectivity index (χ1) is 8.84. The lowest BCUT2D eigenvalue weighted by atomic mass is 10.1. The summed E-state index contributed by atoms with van der Waals surface area (Å²) in [5, 5.41) is 0.678. The lowest BCUT2D eigenvalue weighted by Crippen LogP contribution is -1.97. The van der Waals surface area contributed by atoms with E-state index >= 15 is 0 Å². The first kappa shape index (κ1) is 12.8. The highest BCUT2D eigenvalue weighted by molar-refractivity contribution is 6.65. The van der Waals surface area contributed by atoms with Crippen LogP contribution < -0.4 is 0 Å². The standard InChI is InChI=1S/C16H16ClN/c17-16(13-15-9-5-2-6-10-15)18-12-11-14-7-3-1-4-8-14/h1-10H,11-13H2. The zero-order chi connectivity index (χ0) is 12.6. The molecule has 0 amide bonds. The van der Waals surface area contributed by atoms with Gasteiger partial charge in [-0.15, -0.1) is 0 Å². The van der Waals surface area contributed by atoms with E-state index in [1.807, 2.05) is 36.4 Å². The smallest absolute Gasteiger partial charge is 0.105 e. The van der Waals surface area contributed by atoms with E-state index in [9.17, 15) is 0 Å². The Bertz CT molecular complexity index is 491. The zero-order valence-corrected chi connectivity index (χ0v) is 11.0. The molecule has 0 aromatic heterocycles. The second kappa shape index (κ2) is 6.97. The molecule has 0 aliphatic heterocycles. The predicted molar refractivity (Wildman–Crippen MR) is 78.4 cm³/mol. The zero-order valence-electron chi connectivity index (χ0n) is 10.2. The van der Waals surface area contributed by atoms with Crippen molar-refractivity contribution in [2.24, 2.45) is 4.99 Å². The van der Waals surface area contributed by atoms with Crippen LogP contribution in [0.5, 0.6) is 0 Å². The van der Waals surface area contributed by atoms with Gasteiger partial charge in [0.2, 0.25) is 0 Å². The average molecular weight is 258 g/mol. The summed E-state index contributed by atoms with van der Waals surface area (Å²) in [5.41, 5.74) is 2.50. The second-order valence-corrected chi connectivity index (χ2v) is 4.59. The highest BCUT2D eigenvalue weighted by Crippen LogP contribution is 2.05. The maximum atomic E-state index is 6.13. The quantitative estimate of drug-likeness (QED) is 0.715. The van der Waals surface area contributed by atoms with Gasteiger partial charge in [-0.2, -0.15) is 0 Å². The monoisotopic (exact) mass is 257 g/mol. The molecule has 0 atom stereocenters. The Morgan fingerprint density at radius 3 is 2.00 bits per heavy atom. The van der Waals surface area contributed by atoms with Crippen molar-refractivity contribution in [3.05, 3.63) is 71.8 Å². The molecule has 0 spiro atoms. The van der Waals surface area contributed by atoms with Crippen LogP contribution in [0.1, 0.15) is 11.1 Å². The molecule has 18 heavy (non-hydrogen) atoms. The van der Waals surface area contributed by atoms with E-state index in [4.69, 9.17) is 11.6 Å². The van der Waals surface area contributed by atoms with Gasteiger partial charge in [0.25, 0.3) is 0 Å². The van der Waals surface area contributed by atoms with Crippen LogP contribution in [-0.4, -0.2) is 11.7 Å². The van der Waals surface area contributed by atoms with Crippen LogP contribution in [0.2, 0.25) is 0 Å². The SMILES string of the molecule is ClC(Cc1ccccc1)=NCCc1ccccc1. The molecule has 0 fully saturated rings. The van der Waals surface area contributed by atoms with Crippen molar-refractivity contribution in [3.63, 3.8) is 0 Å². The molecule has 0 aliphatic rings. The molecule has 0 saturated carbocycles. The number of hydrogen-bond acceptors (Lipinski definition) is 1. The van der Waals surface area contributed by atoms with E-state index < -0.39 is 0 Å². The molecule has 0 N–H and O–H groups in total. The van der Waals surface area contributed by atoms with Gasteiger partial charge in [0.1, 0.15) is 5.17 Å². The van der Waals surface area contributed by atoms with Gasteiger partial charge in [0.05, 0.1) is 0 Å². The topological polar surface area (TPSA) is 12.4 Å².